The van der Waals surface area contributed by atoms with E-state index in [0.29, 0.717) is 18.6 Å². The second-order valence-electron chi connectivity index (χ2n) is 4.40. The van der Waals surface area contributed by atoms with Crippen molar-refractivity contribution in [1.29, 1.82) is 0 Å². The first-order chi connectivity index (χ1) is 9.13. The Bertz CT molecular complexity index is 409. The molecule has 0 aliphatic carbocycles. The lowest BCUT2D eigenvalue weighted by molar-refractivity contribution is -0.137. The van der Waals surface area contributed by atoms with Gasteiger partial charge in [0.25, 0.3) is 0 Å². The predicted molar refractivity (Wildman–Crippen MR) is 72.7 cm³/mol. The highest BCUT2D eigenvalue weighted by Gasteiger charge is 2.07. The average Bonchev–Trinajstić information content (AvgIpc) is 2.39. The standard InChI is InChI=1S/C15H20O4/c1-2-3-11-19-13-9-7-12(8-10-13)14(16)5-4-6-15(17)18/h7-10H,2-6,11H2,1H3,(H,17,18). The molecule has 19 heavy (non-hydrogen) atoms. The number of benzene rings is 1. The summed E-state index contributed by atoms with van der Waals surface area (Å²) in [4.78, 5) is 22.1. The third-order valence-electron chi connectivity index (χ3n) is 2.74. The van der Waals surface area contributed by atoms with Crippen LogP contribution in [0.2, 0.25) is 0 Å². The molecular formula is C15H20O4. The average molecular weight is 264 g/mol. The minimum absolute atomic E-state index is 0.0265. The van der Waals surface area contributed by atoms with Crippen molar-refractivity contribution in [2.75, 3.05) is 6.61 Å². The fourth-order valence-electron chi connectivity index (χ4n) is 1.62. The molecule has 104 valence electrons. The lowest BCUT2D eigenvalue weighted by Gasteiger charge is -2.06. The van der Waals surface area contributed by atoms with Crippen molar-refractivity contribution in [3.05, 3.63) is 29.8 Å². The van der Waals surface area contributed by atoms with Crippen molar-refractivity contribution in [3.8, 4) is 5.75 Å². The van der Waals surface area contributed by atoms with Crippen LogP contribution in [0.25, 0.3) is 0 Å². The van der Waals surface area contributed by atoms with Crippen LogP contribution in [0.3, 0.4) is 0 Å². The number of carbonyl (C=O) groups is 2. The van der Waals surface area contributed by atoms with Crippen molar-refractivity contribution >= 4 is 11.8 Å². The zero-order valence-corrected chi connectivity index (χ0v) is 11.2. The summed E-state index contributed by atoms with van der Waals surface area (Å²) in [6, 6.07) is 7.01. The van der Waals surface area contributed by atoms with Gasteiger partial charge in [-0.15, -0.1) is 0 Å². The number of unbranched alkanes of at least 4 members (excludes halogenated alkanes) is 1. The fourth-order valence-corrected chi connectivity index (χ4v) is 1.62. The van der Waals surface area contributed by atoms with Crippen molar-refractivity contribution in [2.24, 2.45) is 0 Å². The normalized spacial score (nSPS) is 10.2. The molecule has 1 aromatic carbocycles. The highest BCUT2D eigenvalue weighted by Crippen LogP contribution is 2.14. The Morgan fingerprint density at radius 3 is 2.37 bits per heavy atom. The minimum atomic E-state index is -0.868. The summed E-state index contributed by atoms with van der Waals surface area (Å²) >= 11 is 0. The molecule has 0 aliphatic rings. The summed E-state index contributed by atoms with van der Waals surface area (Å²) in [5.41, 5.74) is 0.605. The van der Waals surface area contributed by atoms with Gasteiger partial charge in [-0.05, 0) is 37.1 Å². The van der Waals surface area contributed by atoms with Gasteiger partial charge in [0, 0.05) is 18.4 Å². The number of aliphatic carboxylic acids is 1. The van der Waals surface area contributed by atoms with Gasteiger partial charge in [-0.25, -0.2) is 0 Å². The molecule has 1 rings (SSSR count). The number of hydrogen-bond acceptors (Lipinski definition) is 3. The Labute approximate surface area is 113 Å². The van der Waals surface area contributed by atoms with Gasteiger partial charge in [0.2, 0.25) is 0 Å². The van der Waals surface area contributed by atoms with Gasteiger partial charge in [0.05, 0.1) is 6.61 Å². The van der Waals surface area contributed by atoms with E-state index in [0.717, 1.165) is 18.6 Å². The Morgan fingerprint density at radius 1 is 1.11 bits per heavy atom. The third-order valence-corrected chi connectivity index (χ3v) is 2.74. The molecule has 0 saturated heterocycles. The summed E-state index contributed by atoms with van der Waals surface area (Å²) in [6.07, 6.45) is 2.77. The van der Waals surface area contributed by atoms with Crippen LogP contribution in [0, 0.1) is 0 Å². The van der Waals surface area contributed by atoms with Gasteiger partial charge in [-0.1, -0.05) is 13.3 Å². The number of hydrogen-bond donors (Lipinski definition) is 1. The zero-order valence-electron chi connectivity index (χ0n) is 11.2. The molecule has 0 radical (unpaired) electrons. The molecule has 1 aromatic rings. The van der Waals surface area contributed by atoms with Crippen LogP contribution < -0.4 is 4.74 Å². The Kier molecular flexibility index (Phi) is 6.64. The van der Waals surface area contributed by atoms with Gasteiger partial charge in [0.15, 0.2) is 5.78 Å². The topological polar surface area (TPSA) is 63.6 Å². The Hall–Kier alpha value is -1.84. The monoisotopic (exact) mass is 264 g/mol. The van der Waals surface area contributed by atoms with E-state index in [1.807, 2.05) is 0 Å². The molecular weight excluding hydrogens is 244 g/mol. The molecule has 4 heteroatoms. The first-order valence-corrected chi connectivity index (χ1v) is 6.61. The van der Waals surface area contributed by atoms with Crippen molar-refractivity contribution in [2.45, 2.75) is 39.0 Å². The SMILES string of the molecule is CCCCOc1ccc(C(=O)CCCC(=O)O)cc1. The maximum Gasteiger partial charge on any atom is 0.303 e. The third kappa shape index (κ3) is 6.04. The van der Waals surface area contributed by atoms with E-state index in [1.54, 1.807) is 24.3 Å². The summed E-state index contributed by atoms with van der Waals surface area (Å²) in [7, 11) is 0. The van der Waals surface area contributed by atoms with E-state index < -0.39 is 5.97 Å². The van der Waals surface area contributed by atoms with Crippen molar-refractivity contribution < 1.29 is 19.4 Å². The van der Waals surface area contributed by atoms with E-state index in [2.05, 4.69) is 6.92 Å². The van der Waals surface area contributed by atoms with Gasteiger partial charge < -0.3 is 9.84 Å². The molecule has 0 heterocycles. The van der Waals surface area contributed by atoms with Gasteiger partial charge in [-0.3, -0.25) is 9.59 Å². The highest BCUT2D eigenvalue weighted by atomic mass is 16.5. The number of ketones is 1. The lowest BCUT2D eigenvalue weighted by Crippen LogP contribution is -2.02. The molecule has 0 aliphatic heterocycles. The number of rotatable bonds is 9. The van der Waals surface area contributed by atoms with E-state index in [-0.39, 0.29) is 18.6 Å². The smallest absolute Gasteiger partial charge is 0.303 e. The van der Waals surface area contributed by atoms with E-state index in [1.165, 1.54) is 0 Å². The second-order valence-corrected chi connectivity index (χ2v) is 4.40. The molecule has 0 spiro atoms. The van der Waals surface area contributed by atoms with E-state index in [9.17, 15) is 9.59 Å². The Balaban J connectivity index is 2.41. The van der Waals surface area contributed by atoms with E-state index >= 15 is 0 Å². The predicted octanol–water partition coefficient (Wildman–Crippen LogP) is 3.30. The number of carboxylic acid groups (broad SMARTS) is 1. The van der Waals surface area contributed by atoms with Crippen molar-refractivity contribution in [1.82, 2.24) is 0 Å². The van der Waals surface area contributed by atoms with E-state index in [4.69, 9.17) is 9.84 Å². The quantitative estimate of drug-likeness (QED) is 0.549. The second kappa shape index (κ2) is 8.29. The van der Waals surface area contributed by atoms with Crippen LogP contribution in [-0.2, 0) is 4.79 Å². The van der Waals surface area contributed by atoms with Crippen LogP contribution in [0.4, 0.5) is 0 Å². The number of ether oxygens (including phenoxy) is 1. The first kappa shape index (κ1) is 15.2. The van der Waals surface area contributed by atoms with Gasteiger partial charge in [0.1, 0.15) is 5.75 Å². The number of carboxylic acids is 1. The molecule has 0 unspecified atom stereocenters. The first-order valence-electron chi connectivity index (χ1n) is 6.61. The molecule has 0 amide bonds. The number of carbonyl (C=O) groups excluding carboxylic acids is 1. The molecule has 0 bridgehead atoms. The zero-order chi connectivity index (χ0) is 14.1. The maximum absolute atomic E-state index is 11.8. The summed E-state index contributed by atoms with van der Waals surface area (Å²) in [5, 5.41) is 8.51. The highest BCUT2D eigenvalue weighted by molar-refractivity contribution is 5.96. The van der Waals surface area contributed by atoms with Crippen LogP contribution in [0.1, 0.15) is 49.4 Å². The molecule has 0 atom stereocenters. The van der Waals surface area contributed by atoms with Crippen LogP contribution in [-0.4, -0.2) is 23.5 Å². The largest absolute Gasteiger partial charge is 0.494 e. The maximum atomic E-state index is 11.8. The molecule has 0 fully saturated rings. The summed E-state index contributed by atoms with van der Waals surface area (Å²) < 4.78 is 5.50. The van der Waals surface area contributed by atoms with Gasteiger partial charge >= 0.3 is 5.97 Å². The van der Waals surface area contributed by atoms with Crippen LogP contribution in [0.5, 0.6) is 5.75 Å². The van der Waals surface area contributed by atoms with Crippen molar-refractivity contribution in [3.63, 3.8) is 0 Å². The summed E-state index contributed by atoms with van der Waals surface area (Å²) in [5.74, 6) is -0.135. The minimum Gasteiger partial charge on any atom is -0.494 e. The number of Topliss-reactive ketones (excluding diaryl/α,β-unsaturated/α-hetero) is 1. The molecule has 0 saturated carbocycles. The van der Waals surface area contributed by atoms with Crippen LogP contribution >= 0.6 is 0 Å². The van der Waals surface area contributed by atoms with Gasteiger partial charge in [-0.2, -0.15) is 0 Å². The fraction of sp³-hybridized carbons (Fsp3) is 0.467. The Morgan fingerprint density at radius 2 is 1.79 bits per heavy atom. The molecule has 4 nitrogen and oxygen atoms in total. The van der Waals surface area contributed by atoms with Crippen LogP contribution in [0.15, 0.2) is 24.3 Å². The molecule has 0 aromatic heterocycles. The summed E-state index contributed by atoms with van der Waals surface area (Å²) in [6.45, 7) is 2.78. The lowest BCUT2D eigenvalue weighted by atomic mass is 10.1. The molecule has 1 N–H and O–H groups in total.